The van der Waals surface area contributed by atoms with Crippen LogP contribution in [0, 0.1) is 0 Å². The van der Waals surface area contributed by atoms with E-state index in [0.717, 1.165) is 6.61 Å². The van der Waals surface area contributed by atoms with E-state index in [1.165, 1.54) is 51.4 Å². The first-order valence-electron chi connectivity index (χ1n) is 5.98. The molecule has 0 aromatic carbocycles. The van der Waals surface area contributed by atoms with Crippen molar-refractivity contribution in [1.82, 2.24) is 0 Å². The maximum atomic E-state index is 5.47. The van der Waals surface area contributed by atoms with Gasteiger partial charge in [-0.1, -0.05) is 0 Å². The summed E-state index contributed by atoms with van der Waals surface area (Å²) in [6, 6.07) is 0. The van der Waals surface area contributed by atoms with Crippen LogP contribution in [0.2, 0.25) is 0 Å². The maximum absolute atomic E-state index is 5.47. The van der Waals surface area contributed by atoms with Gasteiger partial charge >= 0.3 is 114 Å². The summed E-state index contributed by atoms with van der Waals surface area (Å²) in [4.78, 5) is 0. The summed E-state index contributed by atoms with van der Waals surface area (Å²) < 4.78 is 10.7. The molecular formula is C10H26O2Sn2. The van der Waals surface area contributed by atoms with E-state index in [1.807, 2.05) is 0 Å². The third-order valence-electron chi connectivity index (χ3n) is 2.34. The normalized spacial score (nSPS) is 11.8. The van der Waals surface area contributed by atoms with Crippen LogP contribution in [0.3, 0.4) is 0 Å². The molecule has 0 rings (SSSR count). The average molecular weight is 416 g/mol. The van der Waals surface area contributed by atoms with E-state index in [1.54, 1.807) is 0 Å². The molecule has 14 heavy (non-hydrogen) atoms. The van der Waals surface area contributed by atoms with Gasteiger partial charge in [0.2, 0.25) is 0 Å². The van der Waals surface area contributed by atoms with Crippen LogP contribution < -0.4 is 0 Å². The summed E-state index contributed by atoms with van der Waals surface area (Å²) in [5.41, 5.74) is 0. The molecule has 0 fully saturated rings. The molecule has 0 aromatic rings. The van der Waals surface area contributed by atoms with Crippen molar-refractivity contribution >= 4 is 44.9 Å². The van der Waals surface area contributed by atoms with Gasteiger partial charge in [-0.15, -0.1) is 0 Å². The molecule has 4 heteroatoms. The van der Waals surface area contributed by atoms with E-state index in [0.29, 0.717) is 22.9 Å². The van der Waals surface area contributed by atoms with Gasteiger partial charge < -0.3 is 0 Å². The molecular weight excluding hydrogens is 390 g/mol. The zero-order valence-corrected chi connectivity index (χ0v) is 19.6. The summed E-state index contributed by atoms with van der Waals surface area (Å²) in [6.45, 7) is 3.24. The van der Waals surface area contributed by atoms with Crippen molar-refractivity contribution in [3.05, 3.63) is 0 Å². The molecule has 2 nitrogen and oxygen atoms in total. The topological polar surface area (TPSA) is 18.5 Å². The van der Waals surface area contributed by atoms with Gasteiger partial charge in [0.05, 0.1) is 0 Å². The van der Waals surface area contributed by atoms with Crippen LogP contribution in [0.15, 0.2) is 0 Å². The van der Waals surface area contributed by atoms with Crippen molar-refractivity contribution in [2.75, 3.05) is 6.61 Å². The predicted octanol–water partition coefficient (Wildman–Crippen LogP) is 1.44. The van der Waals surface area contributed by atoms with E-state index in [-0.39, 0.29) is 0 Å². The summed E-state index contributed by atoms with van der Waals surface area (Å²) in [5.74, 6) is 0. The van der Waals surface area contributed by atoms with E-state index < -0.39 is 22.0 Å². The van der Waals surface area contributed by atoms with Crippen LogP contribution in [-0.4, -0.2) is 51.5 Å². The molecule has 0 heterocycles. The van der Waals surface area contributed by atoms with Gasteiger partial charge in [0, 0.05) is 0 Å². The van der Waals surface area contributed by atoms with Crippen molar-refractivity contribution in [3.8, 4) is 0 Å². The Morgan fingerprint density at radius 1 is 0.929 bits per heavy atom. The molecule has 0 N–H and O–H groups in total. The first kappa shape index (κ1) is 15.5. The Labute approximate surface area is 113 Å². The Hall–Kier alpha value is 1.52. The minimum atomic E-state index is -1.08. The summed E-state index contributed by atoms with van der Waals surface area (Å²) in [6.07, 6.45) is 11.0. The van der Waals surface area contributed by atoms with Gasteiger partial charge in [-0.05, 0) is 0 Å². The molecule has 0 bridgehead atoms. The first-order valence-corrected chi connectivity index (χ1v) is 11.6. The summed E-state index contributed by atoms with van der Waals surface area (Å²) in [7, 11) is 0. The predicted molar refractivity (Wildman–Crippen MR) is 68.1 cm³/mol. The second kappa shape index (κ2) is 14.5. The second-order valence-electron chi connectivity index (χ2n) is 3.79. The van der Waals surface area contributed by atoms with Crippen LogP contribution in [0.25, 0.3) is 0 Å². The van der Waals surface area contributed by atoms with Crippen molar-refractivity contribution in [2.45, 2.75) is 58.3 Å². The van der Waals surface area contributed by atoms with Crippen molar-refractivity contribution in [3.63, 3.8) is 0 Å². The third kappa shape index (κ3) is 13.5. The molecule has 0 aromatic heterocycles. The zero-order chi connectivity index (χ0) is 10.5. The van der Waals surface area contributed by atoms with Crippen LogP contribution in [0.4, 0.5) is 0 Å². The third-order valence-corrected chi connectivity index (χ3v) is 8.83. The van der Waals surface area contributed by atoms with Gasteiger partial charge in [-0.2, -0.15) is 0 Å². The Bertz CT molecular complexity index is 90.1. The standard InChI is InChI=1S/C10H21O.O.2Sn.5H/c1-2-3-4-5-6-7-8-9-10-11;;;;;;;;/h2-10H2,1H3;;;;;;;;/q-1;;;+1;;;;;. The molecule has 0 unspecified atom stereocenters. The van der Waals surface area contributed by atoms with Crippen molar-refractivity contribution in [1.29, 1.82) is 0 Å². The van der Waals surface area contributed by atoms with Crippen LogP contribution in [0.5, 0.6) is 0 Å². The number of rotatable bonds is 11. The van der Waals surface area contributed by atoms with Crippen LogP contribution in [-0.2, 0) is 4.49 Å². The fourth-order valence-electron chi connectivity index (χ4n) is 1.48. The monoisotopic (exact) mass is 418 g/mol. The molecule has 0 atom stereocenters. The fourth-order valence-corrected chi connectivity index (χ4v) is 6.07. The molecule has 0 aliphatic heterocycles. The summed E-state index contributed by atoms with van der Waals surface area (Å²) >= 11 is -0.654. The van der Waals surface area contributed by atoms with Gasteiger partial charge in [-0.25, -0.2) is 0 Å². The van der Waals surface area contributed by atoms with Crippen molar-refractivity contribution in [2.24, 2.45) is 0 Å². The quantitative estimate of drug-likeness (QED) is 0.376. The molecule has 0 spiro atoms. The first-order chi connectivity index (χ1) is 6.91. The van der Waals surface area contributed by atoms with E-state index >= 15 is 0 Å². The van der Waals surface area contributed by atoms with E-state index in [2.05, 4.69) is 6.92 Å². The average Bonchev–Trinajstić information content (AvgIpc) is 2.21. The van der Waals surface area contributed by atoms with Crippen LogP contribution in [0.1, 0.15) is 58.3 Å². The Morgan fingerprint density at radius 2 is 1.50 bits per heavy atom. The second-order valence-corrected chi connectivity index (χ2v) is 18.3. The van der Waals surface area contributed by atoms with E-state index in [9.17, 15) is 0 Å². The van der Waals surface area contributed by atoms with Gasteiger partial charge in [0.15, 0.2) is 0 Å². The van der Waals surface area contributed by atoms with Gasteiger partial charge in [0.25, 0.3) is 0 Å². The SMILES string of the molecule is CCCCCCCCCC[O][SnH2][O][SnH3]. The molecule has 0 aliphatic rings. The Morgan fingerprint density at radius 3 is 2.07 bits per heavy atom. The fraction of sp³-hybridized carbons (Fsp3) is 1.00. The molecule has 0 radical (unpaired) electrons. The Balaban J connectivity index is 2.78. The summed E-state index contributed by atoms with van der Waals surface area (Å²) in [5, 5.41) is 0. The van der Waals surface area contributed by atoms with Crippen LogP contribution >= 0.6 is 0 Å². The molecule has 0 amide bonds. The molecule has 0 saturated heterocycles. The molecule has 0 saturated carbocycles. The molecule has 0 aliphatic carbocycles. The number of hydrogen-bond acceptors (Lipinski definition) is 2. The molecule has 86 valence electrons. The number of hydrogen-bond donors (Lipinski definition) is 0. The van der Waals surface area contributed by atoms with Gasteiger partial charge in [0.1, 0.15) is 0 Å². The van der Waals surface area contributed by atoms with Gasteiger partial charge in [-0.3, -0.25) is 0 Å². The van der Waals surface area contributed by atoms with E-state index in [4.69, 9.17) is 4.49 Å². The Kier molecular flexibility index (Phi) is 16.1. The zero-order valence-electron chi connectivity index (χ0n) is 9.89. The minimum absolute atomic E-state index is 0.430. The number of unbranched alkanes of at least 4 members (excludes halogenated alkanes) is 7. The van der Waals surface area contributed by atoms with Crippen molar-refractivity contribution < 1.29 is 4.49 Å².